The number of para-hydroxylation sites is 1. The van der Waals surface area contributed by atoms with E-state index in [-0.39, 0.29) is 60.8 Å². The number of nitrogens with zero attached hydrogens (tertiary/aromatic N) is 5. The number of aromatic hydroxyl groups is 1. The van der Waals surface area contributed by atoms with Crippen LogP contribution in [0.15, 0.2) is 24.3 Å². The lowest BCUT2D eigenvalue weighted by atomic mass is 9.96. The van der Waals surface area contributed by atoms with Gasteiger partial charge in [0, 0.05) is 74.3 Å². The second-order valence-electron chi connectivity index (χ2n) is 13.3. The van der Waals surface area contributed by atoms with Gasteiger partial charge in [0.05, 0.1) is 30.3 Å². The molecule has 47 heavy (non-hydrogen) atoms. The minimum absolute atomic E-state index is 0.0714. The van der Waals surface area contributed by atoms with Crippen molar-refractivity contribution in [1.82, 2.24) is 35.2 Å². The number of rotatable bonds is 3. The van der Waals surface area contributed by atoms with Gasteiger partial charge in [-0.15, -0.1) is 11.3 Å². The Hall–Kier alpha value is -3.75. The number of hydrogen-bond acceptors (Lipinski definition) is 9. The van der Waals surface area contributed by atoms with E-state index < -0.39 is 18.1 Å². The monoisotopic (exact) mass is 665 g/mol. The highest BCUT2D eigenvalue weighted by atomic mass is 32.1. The zero-order valence-corrected chi connectivity index (χ0v) is 27.5. The first-order valence-corrected chi connectivity index (χ1v) is 17.5. The molecule has 2 aromatic rings. The number of piperidine rings is 1. The van der Waals surface area contributed by atoms with E-state index in [0.29, 0.717) is 58.9 Å². The maximum absolute atomic E-state index is 14.6. The Morgan fingerprint density at radius 3 is 2.57 bits per heavy atom. The molecule has 0 spiro atoms. The third kappa shape index (κ3) is 6.55. The molecule has 14 heteroatoms. The number of benzene rings is 1. The van der Waals surface area contributed by atoms with Crippen LogP contribution in [0.2, 0.25) is 0 Å². The molecule has 0 radical (unpaired) electrons. The molecule has 6 aliphatic rings. The summed E-state index contributed by atoms with van der Waals surface area (Å²) in [4.78, 5) is 68.8. The Kier molecular flexibility index (Phi) is 9.07. The molecule has 6 bridgehead atoms. The highest BCUT2D eigenvalue weighted by molar-refractivity contribution is 7.11. The average Bonchev–Trinajstić information content (AvgIpc) is 3.80. The Balaban J connectivity index is 1.19. The van der Waals surface area contributed by atoms with Gasteiger partial charge >= 0.3 is 6.03 Å². The van der Waals surface area contributed by atoms with Crippen LogP contribution in [0.25, 0.3) is 0 Å². The largest absolute Gasteiger partial charge is 0.508 e. The van der Waals surface area contributed by atoms with Crippen molar-refractivity contribution >= 4 is 35.1 Å². The van der Waals surface area contributed by atoms with Gasteiger partial charge in [-0.1, -0.05) is 18.2 Å². The van der Waals surface area contributed by atoms with Gasteiger partial charge in [-0.2, -0.15) is 0 Å². The van der Waals surface area contributed by atoms with Crippen molar-refractivity contribution in [2.45, 2.75) is 75.7 Å². The van der Waals surface area contributed by atoms with E-state index in [1.807, 2.05) is 24.0 Å². The molecule has 1 aromatic carbocycles. The molecule has 7 heterocycles. The molecule has 4 fully saturated rings. The van der Waals surface area contributed by atoms with Gasteiger partial charge in [0.15, 0.2) is 0 Å². The summed E-state index contributed by atoms with van der Waals surface area (Å²) in [5.41, 5.74) is 1.50. The number of urea groups is 1. The van der Waals surface area contributed by atoms with E-state index in [9.17, 15) is 24.3 Å². The molecular weight excluding hydrogens is 622 g/mol. The number of hydrogen-bond donors (Lipinski definition) is 3. The lowest BCUT2D eigenvalue weighted by Gasteiger charge is -2.37. The maximum atomic E-state index is 14.6. The fourth-order valence-electron chi connectivity index (χ4n) is 7.67. The Morgan fingerprint density at radius 2 is 1.81 bits per heavy atom. The Morgan fingerprint density at radius 1 is 1.04 bits per heavy atom. The van der Waals surface area contributed by atoms with E-state index in [1.165, 1.54) is 0 Å². The van der Waals surface area contributed by atoms with Crippen molar-refractivity contribution in [3.05, 3.63) is 45.4 Å². The van der Waals surface area contributed by atoms with Crippen molar-refractivity contribution in [3.8, 4) is 5.75 Å². The van der Waals surface area contributed by atoms with Crippen LogP contribution in [0.1, 0.15) is 52.7 Å². The van der Waals surface area contributed by atoms with Crippen LogP contribution in [0.4, 0.5) is 4.79 Å². The molecule has 4 atom stereocenters. The third-order valence-electron chi connectivity index (χ3n) is 10.3. The number of phenols is 1. The van der Waals surface area contributed by atoms with E-state index in [4.69, 9.17) is 9.72 Å². The lowest BCUT2D eigenvalue weighted by Crippen LogP contribution is -2.56. The molecular formula is C33H43N7O6S. The predicted molar refractivity (Wildman–Crippen MR) is 173 cm³/mol. The molecule has 1 aromatic heterocycles. The van der Waals surface area contributed by atoms with Gasteiger partial charge in [0.1, 0.15) is 17.8 Å². The number of fused-ring (bicyclic) bond motifs is 4. The Bertz CT molecular complexity index is 1520. The summed E-state index contributed by atoms with van der Waals surface area (Å²) in [6, 6.07) is 4.75. The van der Waals surface area contributed by atoms with Gasteiger partial charge in [-0.3, -0.25) is 14.4 Å². The lowest BCUT2D eigenvalue weighted by molar-refractivity contribution is -0.146. The molecule has 4 saturated heterocycles. The highest BCUT2D eigenvalue weighted by Gasteiger charge is 2.49. The summed E-state index contributed by atoms with van der Waals surface area (Å²) in [7, 11) is 0. The molecule has 5 amide bonds. The first-order chi connectivity index (χ1) is 22.7. The van der Waals surface area contributed by atoms with E-state index in [1.54, 1.807) is 38.2 Å². The summed E-state index contributed by atoms with van der Waals surface area (Å²) < 4.78 is 5.46. The number of likely N-dealkylation sites (tertiary alicyclic amines) is 1. The average molecular weight is 666 g/mol. The standard InChI is InChI=1S/C33H43N7O6S/c1-20-25-16-29(42)35-24-15-27(40(19-24)33(45)38-10-12-46-13-11-38)32(44)39-18-23(34-17-22-4-2-3-5-28(22)41)14-26(39)31(43)37-8-6-21(7-9-37)30(36-25)47-20/h2-5,21,23-24,26-27,34,41H,6-19H2,1H3,(H,35,42)/t23-,24-,26-,27-/m0/s1. The third-order valence-corrected chi connectivity index (χ3v) is 11.5. The zero-order valence-electron chi connectivity index (χ0n) is 26.7. The molecule has 0 aliphatic carbocycles. The van der Waals surface area contributed by atoms with E-state index >= 15 is 0 Å². The normalized spacial score (nSPS) is 28.4. The topological polar surface area (TPSA) is 148 Å². The fourth-order valence-corrected chi connectivity index (χ4v) is 8.77. The number of phenolic OH excluding ortho intramolecular Hbond substituents is 1. The summed E-state index contributed by atoms with van der Waals surface area (Å²) >= 11 is 1.63. The quantitative estimate of drug-likeness (QED) is 0.443. The number of aryl methyl sites for hydroxylation is 1. The van der Waals surface area contributed by atoms with Crippen LogP contribution < -0.4 is 10.6 Å². The first-order valence-electron chi connectivity index (χ1n) is 16.7. The van der Waals surface area contributed by atoms with Crippen molar-refractivity contribution in [3.63, 3.8) is 0 Å². The maximum Gasteiger partial charge on any atom is 0.320 e. The number of morpholine rings is 1. The van der Waals surface area contributed by atoms with Crippen molar-refractivity contribution in [1.29, 1.82) is 0 Å². The highest BCUT2D eigenvalue weighted by Crippen LogP contribution is 2.35. The van der Waals surface area contributed by atoms with Crippen LogP contribution >= 0.6 is 11.3 Å². The first kappa shape index (κ1) is 31.8. The van der Waals surface area contributed by atoms with Gasteiger partial charge in [0.25, 0.3) is 0 Å². The number of thiazole rings is 1. The number of carbonyl (C=O) groups excluding carboxylic acids is 4. The minimum Gasteiger partial charge on any atom is -0.508 e. The summed E-state index contributed by atoms with van der Waals surface area (Å²) in [6.45, 7) is 5.73. The van der Waals surface area contributed by atoms with Gasteiger partial charge in [-0.05, 0) is 38.7 Å². The summed E-state index contributed by atoms with van der Waals surface area (Å²) in [6.07, 6.45) is 2.38. The van der Waals surface area contributed by atoms with Gasteiger partial charge in [0.2, 0.25) is 17.7 Å². The molecule has 8 rings (SSSR count). The fraction of sp³-hybridized carbons (Fsp3) is 0.606. The summed E-state index contributed by atoms with van der Waals surface area (Å²) in [5.74, 6) is -0.109. The van der Waals surface area contributed by atoms with Gasteiger partial charge < -0.3 is 40.1 Å². The second-order valence-corrected chi connectivity index (χ2v) is 14.6. The zero-order chi connectivity index (χ0) is 32.7. The predicted octanol–water partition coefficient (Wildman–Crippen LogP) is 1.19. The van der Waals surface area contributed by atoms with Crippen LogP contribution in [0.5, 0.6) is 5.75 Å². The van der Waals surface area contributed by atoms with E-state index in [2.05, 4.69) is 10.6 Å². The molecule has 13 nitrogen and oxygen atoms in total. The van der Waals surface area contributed by atoms with Crippen LogP contribution in [0.3, 0.4) is 0 Å². The smallest absolute Gasteiger partial charge is 0.320 e. The van der Waals surface area contributed by atoms with Crippen LogP contribution in [-0.4, -0.2) is 130 Å². The number of nitrogens with one attached hydrogen (secondary N) is 2. The number of amides is 5. The molecule has 252 valence electrons. The second kappa shape index (κ2) is 13.4. The summed E-state index contributed by atoms with van der Waals surface area (Å²) in [5, 5.41) is 17.9. The van der Waals surface area contributed by atoms with Gasteiger partial charge in [-0.25, -0.2) is 9.78 Å². The molecule has 6 aliphatic heterocycles. The van der Waals surface area contributed by atoms with Crippen molar-refractivity contribution in [2.75, 3.05) is 52.5 Å². The Labute approximate surface area is 278 Å². The SMILES string of the molecule is Cc1sc2nc1CC(=O)N[C@H]1C[C@@H](C(=O)N3C[C@@H](NCc4ccccc4O)C[C@H]3C(=O)N3CCC2CC3)N(C(=O)N2CCOCC2)C1. The van der Waals surface area contributed by atoms with E-state index in [0.717, 1.165) is 34.0 Å². The number of aromatic nitrogens is 1. The molecule has 0 unspecified atom stereocenters. The minimum atomic E-state index is -0.822. The van der Waals surface area contributed by atoms with Crippen LogP contribution in [-0.2, 0) is 32.1 Å². The van der Waals surface area contributed by atoms with Crippen molar-refractivity contribution < 1.29 is 29.0 Å². The van der Waals surface area contributed by atoms with Crippen molar-refractivity contribution in [2.24, 2.45) is 0 Å². The molecule has 0 saturated carbocycles. The molecule has 3 N–H and O–H groups in total. The number of carbonyl (C=O) groups is 4. The number of ether oxygens (including phenoxy) is 1. The van der Waals surface area contributed by atoms with Crippen LogP contribution in [0, 0.1) is 6.92 Å².